The Balaban J connectivity index is 2.10. The van der Waals surface area contributed by atoms with Gasteiger partial charge < -0.3 is 5.32 Å². The molecule has 1 N–H and O–H groups in total. The number of nitrogens with zero attached hydrogens (tertiary/aromatic N) is 1. The van der Waals surface area contributed by atoms with E-state index in [2.05, 4.69) is 5.32 Å². The van der Waals surface area contributed by atoms with Crippen molar-refractivity contribution in [1.29, 1.82) is 5.26 Å². The largest absolute Gasteiger partial charge is 0.347 e. The maximum atomic E-state index is 12.0. The second kappa shape index (κ2) is 7.65. The van der Waals surface area contributed by atoms with Crippen LogP contribution in [0, 0.1) is 11.3 Å². The van der Waals surface area contributed by atoms with Crippen LogP contribution >= 0.6 is 23.2 Å². The Morgan fingerprint density at radius 2 is 1.86 bits per heavy atom. The number of carbonyl (C=O) groups is 1. The van der Waals surface area contributed by atoms with Gasteiger partial charge in [-0.05, 0) is 29.3 Å². The molecule has 2 aromatic carbocycles. The van der Waals surface area contributed by atoms with Crippen molar-refractivity contribution in [3.63, 3.8) is 0 Å². The van der Waals surface area contributed by atoms with Crippen LogP contribution in [0.2, 0.25) is 10.0 Å². The number of nitrogens with one attached hydrogen (secondary N) is 1. The first-order valence-electron chi connectivity index (χ1n) is 6.49. The lowest BCUT2D eigenvalue weighted by Gasteiger charge is -2.04. The fourth-order valence-electron chi connectivity index (χ4n) is 1.79. The van der Waals surface area contributed by atoms with Gasteiger partial charge in [-0.1, -0.05) is 59.6 Å². The summed E-state index contributed by atoms with van der Waals surface area (Å²) in [5.74, 6) is -0.433. The van der Waals surface area contributed by atoms with Crippen molar-refractivity contribution in [1.82, 2.24) is 5.32 Å². The van der Waals surface area contributed by atoms with Gasteiger partial charge in [-0.2, -0.15) is 5.26 Å². The quantitative estimate of drug-likeness (QED) is 0.674. The Kier molecular flexibility index (Phi) is 5.60. The molecule has 0 aromatic heterocycles. The van der Waals surface area contributed by atoms with Crippen molar-refractivity contribution in [2.75, 3.05) is 0 Å². The van der Waals surface area contributed by atoms with Crippen molar-refractivity contribution in [3.8, 4) is 6.07 Å². The van der Waals surface area contributed by atoms with Crippen molar-refractivity contribution in [3.05, 3.63) is 75.3 Å². The van der Waals surface area contributed by atoms with Crippen molar-refractivity contribution in [2.45, 2.75) is 6.54 Å². The van der Waals surface area contributed by atoms with Gasteiger partial charge in [0.05, 0.1) is 10.0 Å². The number of hydrogen-bond donors (Lipinski definition) is 1. The van der Waals surface area contributed by atoms with Crippen LogP contribution in [0.1, 0.15) is 11.1 Å². The number of halogens is 2. The summed E-state index contributed by atoms with van der Waals surface area (Å²) in [4.78, 5) is 12.0. The molecule has 0 aliphatic heterocycles. The van der Waals surface area contributed by atoms with Crippen LogP contribution in [-0.4, -0.2) is 5.91 Å². The third kappa shape index (κ3) is 4.36. The predicted octanol–water partition coefficient (Wildman–Crippen LogP) is 4.22. The zero-order chi connectivity index (χ0) is 15.9. The molecular weight excluding hydrogens is 319 g/mol. The summed E-state index contributed by atoms with van der Waals surface area (Å²) in [7, 11) is 0. The van der Waals surface area contributed by atoms with E-state index in [0.717, 1.165) is 5.56 Å². The molecule has 0 unspecified atom stereocenters. The Hall–Kier alpha value is -2.28. The second-order valence-electron chi connectivity index (χ2n) is 4.51. The van der Waals surface area contributed by atoms with Gasteiger partial charge in [-0.15, -0.1) is 0 Å². The minimum Gasteiger partial charge on any atom is -0.347 e. The maximum absolute atomic E-state index is 12.0. The molecule has 1 amide bonds. The third-order valence-corrected chi connectivity index (χ3v) is 3.65. The van der Waals surface area contributed by atoms with Gasteiger partial charge in [-0.3, -0.25) is 4.79 Å². The highest BCUT2D eigenvalue weighted by Gasteiger charge is 2.09. The topological polar surface area (TPSA) is 52.9 Å². The molecule has 0 saturated heterocycles. The van der Waals surface area contributed by atoms with Gasteiger partial charge >= 0.3 is 0 Å². The molecule has 0 atom stereocenters. The van der Waals surface area contributed by atoms with Gasteiger partial charge in [0.15, 0.2) is 0 Å². The van der Waals surface area contributed by atoms with Crippen LogP contribution in [-0.2, 0) is 11.3 Å². The van der Waals surface area contributed by atoms with Crippen LogP contribution < -0.4 is 5.32 Å². The molecular formula is C17H12Cl2N2O. The van der Waals surface area contributed by atoms with Gasteiger partial charge in [0.2, 0.25) is 0 Å². The summed E-state index contributed by atoms with van der Waals surface area (Å²) in [5, 5.41) is 12.6. The molecule has 2 rings (SSSR count). The zero-order valence-corrected chi connectivity index (χ0v) is 13.0. The van der Waals surface area contributed by atoms with Crippen LogP contribution in [0.15, 0.2) is 54.1 Å². The maximum Gasteiger partial charge on any atom is 0.262 e. The minimum atomic E-state index is -0.433. The number of hydrogen-bond acceptors (Lipinski definition) is 2. The summed E-state index contributed by atoms with van der Waals surface area (Å²) in [5.41, 5.74) is 1.61. The van der Waals surface area contributed by atoms with E-state index >= 15 is 0 Å². The van der Waals surface area contributed by atoms with E-state index in [4.69, 9.17) is 28.5 Å². The SMILES string of the molecule is N#C/C(=C\c1ccc(Cl)c(Cl)c1)C(=O)NCc1ccccc1. The second-order valence-corrected chi connectivity index (χ2v) is 5.33. The van der Waals surface area contributed by atoms with E-state index in [0.29, 0.717) is 22.2 Å². The Labute approximate surface area is 138 Å². The van der Waals surface area contributed by atoms with Gasteiger partial charge in [0, 0.05) is 6.54 Å². The molecule has 22 heavy (non-hydrogen) atoms. The number of amides is 1. The van der Waals surface area contributed by atoms with Crippen LogP contribution in [0.3, 0.4) is 0 Å². The van der Waals surface area contributed by atoms with Crippen LogP contribution in [0.4, 0.5) is 0 Å². The number of nitriles is 1. The molecule has 0 radical (unpaired) electrons. The Bertz CT molecular complexity index is 749. The van der Waals surface area contributed by atoms with Crippen molar-refractivity contribution < 1.29 is 4.79 Å². The first-order valence-corrected chi connectivity index (χ1v) is 7.24. The monoisotopic (exact) mass is 330 g/mol. The van der Waals surface area contributed by atoms with E-state index in [1.807, 2.05) is 36.4 Å². The van der Waals surface area contributed by atoms with Crippen molar-refractivity contribution in [2.24, 2.45) is 0 Å². The average molecular weight is 331 g/mol. The summed E-state index contributed by atoms with van der Waals surface area (Å²) < 4.78 is 0. The standard InChI is InChI=1S/C17H12Cl2N2O/c18-15-7-6-13(9-16(15)19)8-14(10-20)17(22)21-11-12-4-2-1-3-5-12/h1-9H,11H2,(H,21,22)/b14-8+. The lowest BCUT2D eigenvalue weighted by molar-refractivity contribution is -0.117. The molecule has 0 heterocycles. The molecule has 0 spiro atoms. The average Bonchev–Trinajstić information content (AvgIpc) is 2.54. The highest BCUT2D eigenvalue weighted by molar-refractivity contribution is 6.42. The molecule has 0 saturated carbocycles. The van der Waals surface area contributed by atoms with E-state index in [9.17, 15) is 4.79 Å². The van der Waals surface area contributed by atoms with Gasteiger partial charge in [0.1, 0.15) is 11.6 Å². The lowest BCUT2D eigenvalue weighted by Crippen LogP contribution is -2.23. The van der Waals surface area contributed by atoms with E-state index < -0.39 is 5.91 Å². The summed E-state index contributed by atoms with van der Waals surface area (Å²) in [6.45, 7) is 0.361. The number of benzene rings is 2. The van der Waals surface area contributed by atoms with Crippen LogP contribution in [0.5, 0.6) is 0 Å². The smallest absolute Gasteiger partial charge is 0.262 e. The summed E-state index contributed by atoms with van der Waals surface area (Å²) >= 11 is 11.8. The van der Waals surface area contributed by atoms with Crippen LogP contribution in [0.25, 0.3) is 6.08 Å². The number of carbonyl (C=O) groups excluding carboxylic acids is 1. The molecule has 5 heteroatoms. The first-order chi connectivity index (χ1) is 10.6. The highest BCUT2D eigenvalue weighted by atomic mass is 35.5. The molecule has 0 aliphatic rings. The van der Waals surface area contributed by atoms with Crippen molar-refractivity contribution >= 4 is 35.2 Å². The molecule has 110 valence electrons. The lowest BCUT2D eigenvalue weighted by atomic mass is 10.1. The fraction of sp³-hybridized carbons (Fsp3) is 0.0588. The fourth-order valence-corrected chi connectivity index (χ4v) is 2.10. The normalized spacial score (nSPS) is 10.9. The first kappa shape index (κ1) is 16.1. The molecule has 0 bridgehead atoms. The Morgan fingerprint density at radius 3 is 2.50 bits per heavy atom. The molecule has 2 aromatic rings. The summed E-state index contributed by atoms with van der Waals surface area (Å²) in [6, 6.07) is 16.3. The minimum absolute atomic E-state index is 0.00863. The third-order valence-electron chi connectivity index (χ3n) is 2.92. The molecule has 3 nitrogen and oxygen atoms in total. The molecule has 0 aliphatic carbocycles. The number of rotatable bonds is 4. The predicted molar refractivity (Wildman–Crippen MR) is 88.3 cm³/mol. The van der Waals surface area contributed by atoms with Gasteiger partial charge in [-0.25, -0.2) is 0 Å². The van der Waals surface area contributed by atoms with E-state index in [1.54, 1.807) is 18.2 Å². The molecule has 0 fully saturated rings. The van der Waals surface area contributed by atoms with E-state index in [-0.39, 0.29) is 5.57 Å². The van der Waals surface area contributed by atoms with E-state index in [1.165, 1.54) is 6.08 Å². The van der Waals surface area contributed by atoms with Gasteiger partial charge in [0.25, 0.3) is 5.91 Å². The Morgan fingerprint density at radius 1 is 1.14 bits per heavy atom. The zero-order valence-electron chi connectivity index (χ0n) is 11.5. The summed E-state index contributed by atoms with van der Waals surface area (Å²) in [6.07, 6.45) is 1.47. The highest BCUT2D eigenvalue weighted by Crippen LogP contribution is 2.23.